The zero-order chi connectivity index (χ0) is 13.8. The second-order valence-electron chi connectivity index (χ2n) is 4.31. The van der Waals surface area contributed by atoms with Crippen molar-refractivity contribution in [2.45, 2.75) is 19.6 Å². The Morgan fingerprint density at radius 2 is 1.84 bits per heavy atom. The van der Waals surface area contributed by atoms with Crippen LogP contribution in [0.4, 0.5) is 0 Å². The molecule has 0 bridgehead atoms. The molecule has 100 valence electrons. The molecular formula is C15H15BrO3. The molecule has 2 N–H and O–H groups in total. The highest BCUT2D eigenvalue weighted by Crippen LogP contribution is 2.29. The monoisotopic (exact) mass is 322 g/mol. The van der Waals surface area contributed by atoms with Crippen LogP contribution in [-0.4, -0.2) is 10.2 Å². The molecule has 0 saturated carbocycles. The van der Waals surface area contributed by atoms with Gasteiger partial charge in [0.05, 0.1) is 6.10 Å². The molecule has 0 aromatic heterocycles. The van der Waals surface area contributed by atoms with Gasteiger partial charge in [0.25, 0.3) is 0 Å². The van der Waals surface area contributed by atoms with Crippen molar-refractivity contribution in [2.24, 2.45) is 0 Å². The number of benzene rings is 2. The normalized spacial score (nSPS) is 12.2. The van der Waals surface area contributed by atoms with Crippen LogP contribution in [0.1, 0.15) is 24.2 Å². The van der Waals surface area contributed by atoms with Gasteiger partial charge in [-0.05, 0) is 36.8 Å². The molecule has 0 spiro atoms. The van der Waals surface area contributed by atoms with Gasteiger partial charge < -0.3 is 14.9 Å². The first-order valence-electron chi connectivity index (χ1n) is 5.94. The molecule has 0 aliphatic carbocycles. The van der Waals surface area contributed by atoms with Gasteiger partial charge in [0, 0.05) is 10.0 Å². The topological polar surface area (TPSA) is 49.7 Å². The van der Waals surface area contributed by atoms with E-state index in [9.17, 15) is 10.2 Å². The molecule has 0 saturated heterocycles. The van der Waals surface area contributed by atoms with Crippen LogP contribution in [0.5, 0.6) is 11.5 Å². The van der Waals surface area contributed by atoms with Crippen LogP contribution in [0.3, 0.4) is 0 Å². The number of phenolic OH excluding ortho intramolecular Hbond substituents is 1. The third-order valence-electron chi connectivity index (χ3n) is 2.76. The first kappa shape index (κ1) is 13.9. The van der Waals surface area contributed by atoms with Gasteiger partial charge in [-0.3, -0.25) is 0 Å². The number of phenols is 1. The van der Waals surface area contributed by atoms with Gasteiger partial charge >= 0.3 is 0 Å². The quantitative estimate of drug-likeness (QED) is 0.900. The summed E-state index contributed by atoms with van der Waals surface area (Å²) in [5, 5.41) is 18.9. The first-order chi connectivity index (χ1) is 9.06. The number of aliphatic hydroxyl groups excluding tert-OH is 1. The minimum Gasteiger partial charge on any atom is -0.508 e. The number of ether oxygens (including phenoxy) is 1. The average molecular weight is 323 g/mol. The number of aromatic hydroxyl groups is 1. The fourth-order valence-electron chi connectivity index (χ4n) is 1.73. The van der Waals surface area contributed by atoms with Crippen molar-refractivity contribution >= 4 is 15.9 Å². The van der Waals surface area contributed by atoms with E-state index in [1.165, 1.54) is 0 Å². The molecule has 2 aromatic rings. The Hall–Kier alpha value is -1.52. The van der Waals surface area contributed by atoms with Crippen molar-refractivity contribution in [3.05, 3.63) is 58.1 Å². The molecule has 0 heterocycles. The zero-order valence-electron chi connectivity index (χ0n) is 10.5. The van der Waals surface area contributed by atoms with Gasteiger partial charge in [-0.2, -0.15) is 0 Å². The Kier molecular flexibility index (Phi) is 4.45. The predicted octanol–water partition coefficient (Wildman–Crippen LogP) is 3.79. The Labute approximate surface area is 120 Å². The van der Waals surface area contributed by atoms with E-state index in [0.717, 1.165) is 15.6 Å². The van der Waals surface area contributed by atoms with Crippen molar-refractivity contribution in [2.75, 3.05) is 0 Å². The van der Waals surface area contributed by atoms with E-state index in [4.69, 9.17) is 4.74 Å². The summed E-state index contributed by atoms with van der Waals surface area (Å²) in [6.07, 6.45) is -0.581. The van der Waals surface area contributed by atoms with Crippen molar-refractivity contribution in [1.29, 1.82) is 0 Å². The molecular weight excluding hydrogens is 308 g/mol. The lowest BCUT2D eigenvalue weighted by atomic mass is 10.1. The molecule has 0 radical (unpaired) electrons. The molecule has 4 heteroatoms. The average Bonchev–Trinajstić information content (AvgIpc) is 2.38. The van der Waals surface area contributed by atoms with Gasteiger partial charge in [0.15, 0.2) is 0 Å². The van der Waals surface area contributed by atoms with Gasteiger partial charge in [-0.15, -0.1) is 0 Å². The molecule has 0 amide bonds. The van der Waals surface area contributed by atoms with Gasteiger partial charge in [-0.25, -0.2) is 0 Å². The lowest BCUT2D eigenvalue weighted by Gasteiger charge is -2.14. The van der Waals surface area contributed by atoms with Crippen LogP contribution in [-0.2, 0) is 6.61 Å². The van der Waals surface area contributed by atoms with Crippen LogP contribution in [0.2, 0.25) is 0 Å². The van der Waals surface area contributed by atoms with E-state index >= 15 is 0 Å². The highest BCUT2D eigenvalue weighted by molar-refractivity contribution is 9.10. The molecule has 0 aliphatic rings. The van der Waals surface area contributed by atoms with E-state index in [1.807, 2.05) is 18.2 Å². The Morgan fingerprint density at radius 1 is 1.16 bits per heavy atom. The summed E-state index contributed by atoms with van der Waals surface area (Å²) in [6.45, 7) is 2.09. The van der Waals surface area contributed by atoms with E-state index in [-0.39, 0.29) is 5.75 Å². The summed E-state index contributed by atoms with van der Waals surface area (Å²) in [5.41, 5.74) is 1.70. The van der Waals surface area contributed by atoms with Crippen LogP contribution in [0, 0.1) is 0 Å². The predicted molar refractivity (Wildman–Crippen MR) is 77.2 cm³/mol. The summed E-state index contributed by atoms with van der Waals surface area (Å²) < 4.78 is 6.63. The fraction of sp³-hybridized carbons (Fsp3) is 0.200. The molecule has 19 heavy (non-hydrogen) atoms. The van der Waals surface area contributed by atoms with Crippen molar-refractivity contribution in [1.82, 2.24) is 0 Å². The lowest BCUT2D eigenvalue weighted by molar-refractivity contribution is 0.190. The molecule has 1 unspecified atom stereocenters. The second-order valence-corrected chi connectivity index (χ2v) is 5.23. The van der Waals surface area contributed by atoms with Crippen molar-refractivity contribution in [3.8, 4) is 11.5 Å². The van der Waals surface area contributed by atoms with E-state index in [0.29, 0.717) is 12.4 Å². The summed E-state index contributed by atoms with van der Waals surface area (Å²) in [4.78, 5) is 0. The largest absolute Gasteiger partial charge is 0.508 e. The Morgan fingerprint density at radius 3 is 2.47 bits per heavy atom. The molecule has 0 fully saturated rings. The molecule has 0 aliphatic heterocycles. The number of aliphatic hydroxyl groups is 1. The van der Waals surface area contributed by atoms with Gasteiger partial charge in [0.2, 0.25) is 0 Å². The molecule has 2 rings (SSSR count). The second kappa shape index (κ2) is 6.08. The Bertz CT molecular complexity index is 550. The SMILES string of the molecule is CC(O)c1ccc(Br)cc1OCc1ccc(O)cc1. The smallest absolute Gasteiger partial charge is 0.126 e. The first-order valence-corrected chi connectivity index (χ1v) is 6.74. The maximum absolute atomic E-state index is 9.70. The van der Waals surface area contributed by atoms with Crippen LogP contribution in [0.25, 0.3) is 0 Å². The van der Waals surface area contributed by atoms with Crippen LogP contribution >= 0.6 is 15.9 Å². The summed E-state index contributed by atoms with van der Waals surface area (Å²) in [7, 11) is 0. The van der Waals surface area contributed by atoms with Crippen molar-refractivity contribution < 1.29 is 14.9 Å². The van der Waals surface area contributed by atoms with Crippen LogP contribution in [0.15, 0.2) is 46.9 Å². The number of hydrogen-bond acceptors (Lipinski definition) is 3. The number of rotatable bonds is 4. The van der Waals surface area contributed by atoms with Crippen molar-refractivity contribution in [3.63, 3.8) is 0 Å². The van der Waals surface area contributed by atoms with Gasteiger partial charge in [-0.1, -0.05) is 34.1 Å². The standard InChI is InChI=1S/C15H15BrO3/c1-10(17)14-7-4-12(16)8-15(14)19-9-11-2-5-13(18)6-3-11/h2-8,10,17-18H,9H2,1H3. The third kappa shape index (κ3) is 3.72. The number of hydrogen-bond donors (Lipinski definition) is 2. The minimum atomic E-state index is -0.581. The molecule has 2 aromatic carbocycles. The number of halogens is 1. The fourth-order valence-corrected chi connectivity index (χ4v) is 2.07. The van der Waals surface area contributed by atoms with Gasteiger partial charge in [0.1, 0.15) is 18.1 Å². The van der Waals surface area contributed by atoms with E-state index in [2.05, 4.69) is 15.9 Å². The van der Waals surface area contributed by atoms with Crippen LogP contribution < -0.4 is 4.74 Å². The van der Waals surface area contributed by atoms with E-state index < -0.39 is 6.10 Å². The molecule has 1 atom stereocenters. The van der Waals surface area contributed by atoms with E-state index in [1.54, 1.807) is 31.2 Å². The third-order valence-corrected chi connectivity index (χ3v) is 3.25. The Balaban J connectivity index is 2.14. The summed E-state index contributed by atoms with van der Waals surface area (Å²) in [6, 6.07) is 12.4. The molecule has 3 nitrogen and oxygen atoms in total. The summed E-state index contributed by atoms with van der Waals surface area (Å²) in [5.74, 6) is 0.883. The maximum Gasteiger partial charge on any atom is 0.126 e. The lowest BCUT2D eigenvalue weighted by Crippen LogP contribution is -2.01. The highest BCUT2D eigenvalue weighted by atomic mass is 79.9. The minimum absolute atomic E-state index is 0.232. The maximum atomic E-state index is 9.70. The highest BCUT2D eigenvalue weighted by Gasteiger charge is 2.09. The zero-order valence-corrected chi connectivity index (χ0v) is 12.1. The summed E-state index contributed by atoms with van der Waals surface area (Å²) >= 11 is 3.39.